The second-order valence-corrected chi connectivity index (χ2v) is 13.6. The van der Waals surface area contributed by atoms with Crippen molar-refractivity contribution in [3.8, 4) is 11.5 Å². The van der Waals surface area contributed by atoms with Gasteiger partial charge in [0, 0.05) is 19.0 Å². The fourth-order valence-electron chi connectivity index (χ4n) is 5.93. The molecule has 0 heterocycles. The highest BCUT2D eigenvalue weighted by molar-refractivity contribution is 7.92. The predicted molar refractivity (Wildman–Crippen MR) is 182 cm³/mol. The summed E-state index contributed by atoms with van der Waals surface area (Å²) in [5, 5.41) is 3.14. The molecule has 1 atom stereocenters. The smallest absolute Gasteiger partial charge is 0.264 e. The fourth-order valence-corrected chi connectivity index (χ4v) is 7.36. The number of carbonyl (C=O) groups excluding carboxylic acids is 2. The van der Waals surface area contributed by atoms with Gasteiger partial charge in [0.15, 0.2) is 0 Å². The molecule has 1 aliphatic carbocycles. The van der Waals surface area contributed by atoms with Crippen LogP contribution in [0.4, 0.5) is 10.1 Å². The number of benzene rings is 4. The van der Waals surface area contributed by atoms with Crippen LogP contribution in [0.25, 0.3) is 0 Å². The number of nitrogens with zero attached hydrogens (tertiary/aromatic N) is 2. The Bertz CT molecular complexity index is 1780. The van der Waals surface area contributed by atoms with E-state index in [9.17, 15) is 22.4 Å². The van der Waals surface area contributed by atoms with Gasteiger partial charge in [0.2, 0.25) is 11.8 Å². The molecule has 48 heavy (non-hydrogen) atoms. The zero-order chi connectivity index (χ0) is 34.1. The van der Waals surface area contributed by atoms with Gasteiger partial charge in [-0.15, -0.1) is 0 Å². The molecule has 2 amide bonds. The van der Waals surface area contributed by atoms with Gasteiger partial charge in [-0.05, 0) is 72.5 Å². The van der Waals surface area contributed by atoms with Gasteiger partial charge in [-0.3, -0.25) is 13.9 Å². The van der Waals surface area contributed by atoms with Crippen molar-refractivity contribution in [3.63, 3.8) is 0 Å². The third-order valence-corrected chi connectivity index (χ3v) is 10.3. The molecule has 0 spiro atoms. The van der Waals surface area contributed by atoms with Gasteiger partial charge in [-0.1, -0.05) is 67.4 Å². The number of halogens is 1. The van der Waals surface area contributed by atoms with Gasteiger partial charge >= 0.3 is 0 Å². The SMILES string of the molecule is COc1ccc(S(=O)(=O)N(CC(=O)N(Cc2ccc(F)cc2)[C@H](Cc2ccccc2)C(=O)NC2CCCC2)c2ccccc2OC)cc1. The van der Waals surface area contributed by atoms with Crippen LogP contribution < -0.4 is 19.1 Å². The molecule has 1 fully saturated rings. The quantitative estimate of drug-likeness (QED) is 0.183. The topological polar surface area (TPSA) is 105 Å². The van der Waals surface area contributed by atoms with E-state index in [0.717, 1.165) is 35.6 Å². The van der Waals surface area contributed by atoms with E-state index in [1.54, 1.807) is 36.4 Å². The number of amides is 2. The molecule has 1 aliphatic rings. The van der Waals surface area contributed by atoms with Crippen molar-refractivity contribution in [3.05, 3.63) is 120 Å². The molecular formula is C37H40FN3O6S. The van der Waals surface area contributed by atoms with Gasteiger partial charge in [0.05, 0.1) is 24.8 Å². The van der Waals surface area contributed by atoms with Crippen LogP contribution in [0.3, 0.4) is 0 Å². The maximum absolute atomic E-state index is 14.7. The lowest BCUT2D eigenvalue weighted by Crippen LogP contribution is -2.54. The van der Waals surface area contributed by atoms with Crippen molar-refractivity contribution in [2.75, 3.05) is 25.1 Å². The van der Waals surface area contributed by atoms with Crippen LogP contribution in [0.15, 0.2) is 108 Å². The summed E-state index contributed by atoms with van der Waals surface area (Å²) < 4.78 is 54.3. The van der Waals surface area contributed by atoms with Gasteiger partial charge in [-0.2, -0.15) is 0 Å². The Morgan fingerprint density at radius 1 is 0.833 bits per heavy atom. The normalized spacial score (nSPS) is 13.8. The van der Waals surface area contributed by atoms with Crippen LogP contribution in [0, 0.1) is 5.82 Å². The van der Waals surface area contributed by atoms with Gasteiger partial charge in [-0.25, -0.2) is 12.8 Å². The van der Waals surface area contributed by atoms with Crippen LogP contribution in [0.2, 0.25) is 0 Å². The van der Waals surface area contributed by atoms with Crippen LogP contribution >= 0.6 is 0 Å². The average Bonchev–Trinajstić information content (AvgIpc) is 3.62. The number of carbonyl (C=O) groups is 2. The minimum absolute atomic E-state index is 0.0147. The van der Waals surface area contributed by atoms with Crippen LogP contribution in [-0.4, -0.2) is 58.0 Å². The summed E-state index contributed by atoms with van der Waals surface area (Å²) in [6.45, 7) is -0.699. The van der Waals surface area contributed by atoms with Crippen molar-refractivity contribution in [1.82, 2.24) is 10.2 Å². The van der Waals surface area contributed by atoms with Crippen LogP contribution in [0.1, 0.15) is 36.8 Å². The van der Waals surface area contributed by atoms with E-state index in [1.807, 2.05) is 30.3 Å². The third-order valence-electron chi connectivity index (χ3n) is 8.52. The average molecular weight is 674 g/mol. The molecule has 1 saturated carbocycles. The van der Waals surface area contributed by atoms with Gasteiger partial charge in [0.25, 0.3) is 10.0 Å². The van der Waals surface area contributed by atoms with Crippen molar-refractivity contribution >= 4 is 27.5 Å². The largest absolute Gasteiger partial charge is 0.497 e. The Labute approximate surface area is 281 Å². The Hall–Kier alpha value is -4.90. The number of para-hydroxylation sites is 2. The fraction of sp³-hybridized carbons (Fsp3) is 0.297. The summed E-state index contributed by atoms with van der Waals surface area (Å²) in [6, 6.07) is 26.4. The number of rotatable bonds is 14. The highest BCUT2D eigenvalue weighted by Crippen LogP contribution is 2.33. The molecular weight excluding hydrogens is 633 g/mol. The summed E-state index contributed by atoms with van der Waals surface area (Å²) in [5.74, 6) is -0.680. The molecule has 11 heteroatoms. The highest BCUT2D eigenvalue weighted by atomic mass is 32.2. The second kappa shape index (κ2) is 15.8. The summed E-state index contributed by atoms with van der Waals surface area (Å²) in [7, 11) is -1.44. The van der Waals surface area contributed by atoms with E-state index >= 15 is 0 Å². The van der Waals surface area contributed by atoms with E-state index in [0.29, 0.717) is 11.3 Å². The maximum Gasteiger partial charge on any atom is 0.264 e. The van der Waals surface area contributed by atoms with Gasteiger partial charge < -0.3 is 19.7 Å². The number of anilines is 1. The molecule has 0 aromatic heterocycles. The molecule has 4 aromatic rings. The van der Waals surface area contributed by atoms with Crippen molar-refractivity contribution in [2.24, 2.45) is 0 Å². The molecule has 0 saturated heterocycles. The Balaban J connectivity index is 1.58. The van der Waals surface area contributed by atoms with Crippen molar-refractivity contribution in [1.29, 1.82) is 0 Å². The Morgan fingerprint density at radius 2 is 1.48 bits per heavy atom. The molecule has 0 unspecified atom stereocenters. The number of ether oxygens (including phenoxy) is 2. The van der Waals surface area contributed by atoms with Gasteiger partial charge in [0.1, 0.15) is 29.9 Å². The molecule has 9 nitrogen and oxygen atoms in total. The maximum atomic E-state index is 14.7. The lowest BCUT2D eigenvalue weighted by molar-refractivity contribution is -0.140. The molecule has 1 N–H and O–H groups in total. The first kappa shape index (κ1) is 34.4. The number of sulfonamides is 1. The Morgan fingerprint density at radius 3 is 2.12 bits per heavy atom. The predicted octanol–water partition coefficient (Wildman–Crippen LogP) is 5.74. The molecule has 4 aromatic carbocycles. The third kappa shape index (κ3) is 8.32. The summed E-state index contributed by atoms with van der Waals surface area (Å²) in [4.78, 5) is 30.1. The number of hydrogen-bond donors (Lipinski definition) is 1. The molecule has 252 valence electrons. The lowest BCUT2D eigenvalue weighted by atomic mass is 10.0. The van der Waals surface area contributed by atoms with Crippen LogP contribution in [0.5, 0.6) is 11.5 Å². The van der Waals surface area contributed by atoms with E-state index in [-0.39, 0.29) is 41.2 Å². The standard InChI is InChI=1S/C37H40FN3O6S/c1-46-31-20-22-32(23-21-31)48(44,45)41(33-14-8-9-15-35(33)47-2)26-36(42)40(25-28-16-18-29(38)19-17-28)34(24-27-10-4-3-5-11-27)37(43)39-30-12-6-7-13-30/h3-5,8-11,14-23,30,34H,6-7,12-13,24-26H2,1-2H3,(H,39,43)/t34-/m1/s1. The first-order chi connectivity index (χ1) is 23.2. The van der Waals surface area contributed by atoms with E-state index < -0.39 is 34.3 Å². The summed E-state index contributed by atoms with van der Waals surface area (Å²) in [5.41, 5.74) is 1.56. The zero-order valence-corrected chi connectivity index (χ0v) is 27.9. The van der Waals surface area contributed by atoms with E-state index in [4.69, 9.17) is 9.47 Å². The molecule has 5 rings (SSSR count). The highest BCUT2D eigenvalue weighted by Gasteiger charge is 2.36. The van der Waals surface area contributed by atoms with Crippen LogP contribution in [-0.2, 0) is 32.6 Å². The van der Waals surface area contributed by atoms with E-state index in [2.05, 4.69) is 5.32 Å². The number of hydrogen-bond acceptors (Lipinski definition) is 6. The van der Waals surface area contributed by atoms with Crippen molar-refractivity contribution in [2.45, 2.75) is 55.6 Å². The summed E-state index contributed by atoms with van der Waals surface area (Å²) in [6.07, 6.45) is 3.88. The lowest BCUT2D eigenvalue weighted by Gasteiger charge is -2.34. The summed E-state index contributed by atoms with van der Waals surface area (Å²) >= 11 is 0. The number of nitrogens with one attached hydrogen (secondary N) is 1. The van der Waals surface area contributed by atoms with Crippen molar-refractivity contribution < 1.29 is 31.9 Å². The first-order valence-electron chi connectivity index (χ1n) is 15.9. The van der Waals surface area contributed by atoms with E-state index in [1.165, 1.54) is 55.5 Å². The first-order valence-corrected chi connectivity index (χ1v) is 17.3. The molecule has 0 radical (unpaired) electrons. The molecule has 0 aliphatic heterocycles. The monoisotopic (exact) mass is 673 g/mol. The number of methoxy groups -OCH3 is 2. The minimum atomic E-state index is -4.34. The Kier molecular flexibility index (Phi) is 11.3. The molecule has 0 bridgehead atoms. The second-order valence-electron chi connectivity index (χ2n) is 11.7. The zero-order valence-electron chi connectivity index (χ0n) is 27.0. The minimum Gasteiger partial charge on any atom is -0.497 e.